The number of aliphatic hydroxyl groups is 2. The van der Waals surface area contributed by atoms with Crippen LogP contribution in [0.5, 0.6) is 0 Å². The summed E-state index contributed by atoms with van der Waals surface area (Å²) >= 11 is 0. The molecule has 3 fully saturated rings. The van der Waals surface area contributed by atoms with Gasteiger partial charge in [-0.1, -0.05) is 12.1 Å². The number of hydroxylamine groups is 2. The van der Waals surface area contributed by atoms with Crippen molar-refractivity contribution in [2.24, 2.45) is 0 Å². The second-order valence-electron chi connectivity index (χ2n) is 7.42. The van der Waals surface area contributed by atoms with Gasteiger partial charge in [0.25, 0.3) is 0 Å². The highest BCUT2D eigenvalue weighted by Crippen LogP contribution is 2.49. The van der Waals surface area contributed by atoms with Gasteiger partial charge in [-0.3, -0.25) is 16.0 Å². The van der Waals surface area contributed by atoms with E-state index in [1.807, 2.05) is 0 Å². The van der Waals surface area contributed by atoms with Gasteiger partial charge in [0.1, 0.15) is 11.4 Å². The lowest BCUT2D eigenvalue weighted by Gasteiger charge is -2.53. The van der Waals surface area contributed by atoms with Gasteiger partial charge in [-0.2, -0.15) is 5.06 Å². The summed E-state index contributed by atoms with van der Waals surface area (Å²) in [4.78, 5) is 13.8. The summed E-state index contributed by atoms with van der Waals surface area (Å²) in [6.07, 6.45) is -1.28. The van der Waals surface area contributed by atoms with Crippen LogP contribution in [0.1, 0.15) is 17.3 Å². The Labute approximate surface area is 164 Å². The molecule has 7 N–H and O–H groups in total. The molecule has 3 aliphatic heterocycles. The molecule has 0 bridgehead atoms. The fraction of sp³-hybridized carbons (Fsp3) is 0.471. The predicted octanol–water partition coefficient (Wildman–Crippen LogP) is -1.39. The van der Waals surface area contributed by atoms with Gasteiger partial charge in [0.05, 0.1) is 30.8 Å². The Morgan fingerprint density at radius 2 is 2.03 bits per heavy atom. The molecular weight excluding hydrogens is 387 g/mol. The van der Waals surface area contributed by atoms with E-state index in [9.17, 15) is 24.6 Å². The number of nitrogens with one attached hydrogen (secondary N) is 4. The lowest BCUT2D eigenvalue weighted by Crippen LogP contribution is -2.80. The minimum atomic E-state index is -2.01. The first kappa shape index (κ1) is 19.4. The number of carbonyl (C=O) groups is 1. The maximum atomic E-state index is 14.0. The number of guanidine groups is 2. The second kappa shape index (κ2) is 6.27. The minimum Gasteiger partial charge on any atom is -0.454 e. The van der Waals surface area contributed by atoms with Gasteiger partial charge in [-0.15, -0.1) is 0 Å². The first-order valence-electron chi connectivity index (χ1n) is 8.92. The van der Waals surface area contributed by atoms with Crippen LogP contribution in [-0.4, -0.2) is 85.9 Å². The van der Waals surface area contributed by atoms with Gasteiger partial charge in [-0.05, 0) is 19.1 Å². The van der Waals surface area contributed by atoms with Crippen LogP contribution in [0.2, 0.25) is 0 Å². The van der Waals surface area contributed by atoms with Gasteiger partial charge < -0.3 is 30.5 Å². The SMILES string of the molecule is C[C@]1(O)[C@@H](OC(=O)c2ccccc2F)CN2C(=N)N[C@@H](CO)C3NC(=N)N(O)C321. The molecule has 1 aromatic carbocycles. The number of esters is 1. The molecule has 0 saturated carbocycles. The van der Waals surface area contributed by atoms with Crippen LogP contribution in [0.4, 0.5) is 4.39 Å². The molecule has 11 nitrogen and oxygen atoms in total. The zero-order valence-corrected chi connectivity index (χ0v) is 15.4. The highest BCUT2D eigenvalue weighted by molar-refractivity contribution is 5.90. The zero-order valence-electron chi connectivity index (χ0n) is 15.4. The van der Waals surface area contributed by atoms with E-state index in [4.69, 9.17) is 15.6 Å². The number of hydrogen-bond donors (Lipinski definition) is 7. The number of hydrogen-bond acceptors (Lipinski definition) is 7. The molecule has 29 heavy (non-hydrogen) atoms. The smallest absolute Gasteiger partial charge is 0.341 e. The molecule has 0 radical (unpaired) electrons. The molecule has 3 saturated heterocycles. The van der Waals surface area contributed by atoms with Crippen LogP contribution in [0.15, 0.2) is 24.3 Å². The van der Waals surface area contributed by atoms with Gasteiger partial charge in [-0.25, -0.2) is 9.18 Å². The van der Waals surface area contributed by atoms with Crippen molar-refractivity contribution >= 4 is 17.9 Å². The summed E-state index contributed by atoms with van der Waals surface area (Å²) in [5.41, 5.74) is -4.13. The average Bonchev–Trinajstić information content (AvgIpc) is 3.08. The number of nitrogens with zero attached hydrogens (tertiary/aromatic N) is 2. The molecule has 2 unspecified atom stereocenters. The van der Waals surface area contributed by atoms with Crippen molar-refractivity contribution in [3.8, 4) is 0 Å². The van der Waals surface area contributed by atoms with E-state index in [0.717, 1.165) is 6.07 Å². The van der Waals surface area contributed by atoms with Crippen molar-refractivity contribution in [2.45, 2.75) is 36.4 Å². The fourth-order valence-electron chi connectivity index (χ4n) is 4.52. The third-order valence-corrected chi connectivity index (χ3v) is 5.93. The Morgan fingerprint density at radius 3 is 2.69 bits per heavy atom. The summed E-state index contributed by atoms with van der Waals surface area (Å²) in [7, 11) is 0. The van der Waals surface area contributed by atoms with E-state index in [1.165, 1.54) is 30.0 Å². The highest BCUT2D eigenvalue weighted by atomic mass is 19.1. The standard InChI is InChI=1S/C17H21FN6O5/c1-16(27)11(29-13(26)8-4-2-3-5-9(8)18)6-23-14(19)21-10(7-25)12-17(16,23)24(28)15(20)22-12/h2-5,10-12,25,27-28H,6-7H2,1H3,(H2,19,21)(H2,20,22)/t10-,11-,12?,16-,17?/m0/s1. The molecule has 156 valence electrons. The number of aliphatic hydroxyl groups excluding tert-OH is 1. The summed E-state index contributed by atoms with van der Waals surface area (Å²) in [6.45, 7) is 0.641. The largest absolute Gasteiger partial charge is 0.454 e. The van der Waals surface area contributed by atoms with E-state index in [2.05, 4.69) is 10.6 Å². The molecular formula is C17H21FN6O5. The van der Waals surface area contributed by atoms with Crippen LogP contribution in [0, 0.1) is 16.6 Å². The van der Waals surface area contributed by atoms with Gasteiger partial charge in [0.15, 0.2) is 17.7 Å². The van der Waals surface area contributed by atoms with Crippen LogP contribution in [0.25, 0.3) is 0 Å². The van der Waals surface area contributed by atoms with Crippen molar-refractivity contribution in [1.82, 2.24) is 20.6 Å². The molecule has 1 aromatic rings. The monoisotopic (exact) mass is 408 g/mol. The molecule has 5 atom stereocenters. The molecule has 3 aliphatic rings. The molecule has 0 aromatic heterocycles. The third kappa shape index (κ3) is 2.36. The maximum absolute atomic E-state index is 14.0. The highest BCUT2D eigenvalue weighted by Gasteiger charge is 2.76. The Morgan fingerprint density at radius 1 is 1.34 bits per heavy atom. The Bertz CT molecular complexity index is 897. The van der Waals surface area contributed by atoms with Crippen molar-refractivity contribution in [1.29, 1.82) is 10.8 Å². The Kier molecular flexibility index (Phi) is 4.19. The third-order valence-electron chi connectivity index (χ3n) is 5.93. The normalized spacial score (nSPS) is 35.7. The first-order chi connectivity index (χ1) is 13.7. The van der Waals surface area contributed by atoms with Crippen molar-refractivity contribution < 1.29 is 29.3 Å². The van der Waals surface area contributed by atoms with Gasteiger partial charge >= 0.3 is 5.97 Å². The quantitative estimate of drug-likeness (QED) is 0.298. The molecule has 12 heteroatoms. The predicted molar refractivity (Wildman–Crippen MR) is 95.7 cm³/mol. The topological polar surface area (TPSA) is 165 Å². The Hall–Kier alpha value is -2.96. The van der Waals surface area contributed by atoms with E-state index < -0.39 is 53.8 Å². The van der Waals surface area contributed by atoms with E-state index in [1.54, 1.807) is 0 Å². The summed E-state index contributed by atoms with van der Waals surface area (Å²) < 4.78 is 19.4. The van der Waals surface area contributed by atoms with E-state index in [0.29, 0.717) is 5.06 Å². The molecule has 0 amide bonds. The number of halogens is 1. The number of carbonyl (C=O) groups excluding carboxylic acids is 1. The van der Waals surface area contributed by atoms with Gasteiger partial charge in [0, 0.05) is 0 Å². The number of ether oxygens (including phenoxy) is 1. The van der Waals surface area contributed by atoms with Crippen molar-refractivity contribution in [3.63, 3.8) is 0 Å². The van der Waals surface area contributed by atoms with Gasteiger partial charge in [0.2, 0.25) is 5.96 Å². The summed E-state index contributed by atoms with van der Waals surface area (Å²) in [5, 5.41) is 54.0. The Balaban J connectivity index is 1.74. The maximum Gasteiger partial charge on any atom is 0.341 e. The molecule has 0 aliphatic carbocycles. The second-order valence-corrected chi connectivity index (χ2v) is 7.42. The van der Waals surface area contributed by atoms with Crippen LogP contribution < -0.4 is 10.6 Å². The zero-order chi connectivity index (χ0) is 21.1. The molecule has 1 spiro atoms. The number of rotatable bonds is 3. The van der Waals surface area contributed by atoms with Crippen molar-refractivity contribution in [2.75, 3.05) is 13.2 Å². The number of benzene rings is 1. The molecule has 4 rings (SSSR count). The minimum absolute atomic E-state index is 0.209. The van der Waals surface area contributed by atoms with E-state index in [-0.39, 0.29) is 18.1 Å². The fourth-order valence-corrected chi connectivity index (χ4v) is 4.52. The van der Waals surface area contributed by atoms with E-state index >= 15 is 0 Å². The van der Waals surface area contributed by atoms with Crippen molar-refractivity contribution in [3.05, 3.63) is 35.6 Å². The van der Waals surface area contributed by atoms with Crippen LogP contribution >= 0.6 is 0 Å². The lowest BCUT2D eigenvalue weighted by atomic mass is 9.79. The van der Waals surface area contributed by atoms with Crippen LogP contribution in [0.3, 0.4) is 0 Å². The van der Waals surface area contributed by atoms with Crippen LogP contribution in [-0.2, 0) is 4.74 Å². The average molecular weight is 408 g/mol. The lowest BCUT2D eigenvalue weighted by molar-refractivity contribution is -0.228. The molecule has 3 heterocycles. The first-order valence-corrected chi connectivity index (χ1v) is 8.92. The summed E-state index contributed by atoms with van der Waals surface area (Å²) in [6, 6.07) is 3.49. The summed E-state index contributed by atoms with van der Waals surface area (Å²) in [5.74, 6) is -2.48.